The number of aromatic hydroxyl groups is 1. The van der Waals surface area contributed by atoms with Crippen molar-refractivity contribution < 1.29 is 34.1 Å². The summed E-state index contributed by atoms with van der Waals surface area (Å²) in [7, 11) is 1.57. The number of nitrogens with zero attached hydrogens (tertiary/aromatic N) is 1. The molecule has 0 aliphatic carbocycles. The van der Waals surface area contributed by atoms with Crippen molar-refractivity contribution in [1.29, 1.82) is 0 Å². The van der Waals surface area contributed by atoms with Gasteiger partial charge in [0.25, 0.3) is 11.7 Å². The molecule has 1 amide bonds. The predicted octanol–water partition coefficient (Wildman–Crippen LogP) is 6.02. The lowest BCUT2D eigenvalue weighted by Crippen LogP contribution is -2.29. The zero-order chi connectivity index (χ0) is 29.3. The molecule has 0 bridgehead atoms. The zero-order valence-corrected chi connectivity index (χ0v) is 23.4. The molecule has 2 N–H and O–H groups in total. The zero-order valence-electron chi connectivity index (χ0n) is 23.4. The molecule has 8 nitrogen and oxygen atoms in total. The second-order valence-corrected chi connectivity index (χ2v) is 10.3. The van der Waals surface area contributed by atoms with E-state index in [1.54, 1.807) is 70.3 Å². The van der Waals surface area contributed by atoms with Crippen LogP contribution in [0.5, 0.6) is 11.5 Å². The van der Waals surface area contributed by atoms with Crippen molar-refractivity contribution in [3.8, 4) is 11.5 Å². The molecule has 208 valence electrons. The molecule has 1 heterocycles. The van der Waals surface area contributed by atoms with E-state index in [4.69, 9.17) is 9.47 Å². The van der Waals surface area contributed by atoms with Gasteiger partial charge in [-0.25, -0.2) is 4.79 Å². The fourth-order valence-electron chi connectivity index (χ4n) is 4.86. The van der Waals surface area contributed by atoms with Crippen molar-refractivity contribution >= 4 is 29.1 Å². The smallest absolute Gasteiger partial charge is 0.338 e. The molecule has 3 aromatic rings. The number of anilines is 1. The molecule has 1 aliphatic heterocycles. The van der Waals surface area contributed by atoms with Gasteiger partial charge in [0.1, 0.15) is 17.3 Å². The van der Waals surface area contributed by atoms with Gasteiger partial charge >= 0.3 is 5.97 Å². The van der Waals surface area contributed by atoms with Gasteiger partial charge in [0.2, 0.25) is 0 Å². The summed E-state index contributed by atoms with van der Waals surface area (Å²) in [5.74, 6) is -1.89. The molecule has 0 spiro atoms. The van der Waals surface area contributed by atoms with Gasteiger partial charge in [0.05, 0.1) is 30.4 Å². The number of ketones is 1. The largest absolute Gasteiger partial charge is 0.508 e. The quantitative estimate of drug-likeness (QED) is 0.162. The molecule has 1 unspecified atom stereocenters. The van der Waals surface area contributed by atoms with Crippen LogP contribution in [-0.2, 0) is 14.3 Å². The number of phenolic OH excluding ortho intramolecular Hbond substituents is 1. The van der Waals surface area contributed by atoms with E-state index in [9.17, 15) is 24.6 Å². The number of aryl methyl sites for hydroxylation is 1. The number of phenols is 1. The van der Waals surface area contributed by atoms with Crippen LogP contribution in [0.3, 0.4) is 0 Å². The third kappa shape index (κ3) is 5.30. The van der Waals surface area contributed by atoms with E-state index < -0.39 is 23.7 Å². The summed E-state index contributed by atoms with van der Waals surface area (Å²) in [4.78, 5) is 41.0. The van der Waals surface area contributed by atoms with Crippen LogP contribution in [0.1, 0.15) is 72.3 Å². The van der Waals surface area contributed by atoms with Gasteiger partial charge in [-0.3, -0.25) is 14.5 Å². The topological polar surface area (TPSA) is 113 Å². The summed E-state index contributed by atoms with van der Waals surface area (Å²) in [6.45, 7) is 9.23. The van der Waals surface area contributed by atoms with Crippen molar-refractivity contribution in [3.63, 3.8) is 0 Å². The molecule has 0 saturated carbocycles. The lowest BCUT2D eigenvalue weighted by molar-refractivity contribution is -0.132. The third-order valence-electron chi connectivity index (χ3n) is 6.81. The molecule has 1 saturated heterocycles. The van der Waals surface area contributed by atoms with Crippen LogP contribution in [0.25, 0.3) is 5.76 Å². The summed E-state index contributed by atoms with van der Waals surface area (Å²) in [5, 5.41) is 21.6. The Balaban J connectivity index is 1.94. The average molecular weight is 544 g/mol. The van der Waals surface area contributed by atoms with Gasteiger partial charge in [-0.2, -0.15) is 0 Å². The average Bonchev–Trinajstić information content (AvgIpc) is 3.18. The highest BCUT2D eigenvalue weighted by molar-refractivity contribution is 6.51. The van der Waals surface area contributed by atoms with E-state index in [0.717, 1.165) is 5.56 Å². The Morgan fingerprint density at radius 1 is 0.975 bits per heavy atom. The van der Waals surface area contributed by atoms with E-state index in [2.05, 4.69) is 0 Å². The Morgan fingerprint density at radius 2 is 1.65 bits per heavy atom. The van der Waals surface area contributed by atoms with E-state index in [-0.39, 0.29) is 40.4 Å². The van der Waals surface area contributed by atoms with Gasteiger partial charge in [-0.05, 0) is 85.8 Å². The maximum Gasteiger partial charge on any atom is 0.338 e. The number of carbonyl (C=O) groups excluding carboxylic acids is 3. The van der Waals surface area contributed by atoms with Crippen molar-refractivity contribution in [3.05, 3.63) is 94.1 Å². The number of carbonyl (C=O) groups is 3. The highest BCUT2D eigenvalue weighted by Gasteiger charge is 2.47. The molecule has 8 heteroatoms. The summed E-state index contributed by atoms with van der Waals surface area (Å²) in [6.07, 6.45) is -0.342. The number of esters is 1. The fourth-order valence-corrected chi connectivity index (χ4v) is 4.86. The first kappa shape index (κ1) is 28.4. The maximum absolute atomic E-state index is 13.6. The Bertz CT molecular complexity index is 1500. The third-order valence-corrected chi connectivity index (χ3v) is 6.81. The van der Waals surface area contributed by atoms with Gasteiger partial charge in [-0.1, -0.05) is 32.0 Å². The maximum atomic E-state index is 13.6. The number of aliphatic hydroxyl groups excluding tert-OH is 1. The predicted molar refractivity (Wildman–Crippen MR) is 152 cm³/mol. The Hall–Kier alpha value is -4.59. The number of aliphatic hydroxyl groups is 1. The van der Waals surface area contributed by atoms with Crippen LogP contribution in [0.4, 0.5) is 5.69 Å². The molecule has 0 radical (unpaired) electrons. The second kappa shape index (κ2) is 11.3. The molecule has 1 atom stereocenters. The van der Waals surface area contributed by atoms with Crippen LogP contribution in [0.2, 0.25) is 0 Å². The molecule has 3 aromatic carbocycles. The minimum Gasteiger partial charge on any atom is -0.508 e. The van der Waals surface area contributed by atoms with Crippen LogP contribution in [-0.4, -0.2) is 41.1 Å². The number of ether oxygens (including phenoxy) is 2. The van der Waals surface area contributed by atoms with Gasteiger partial charge < -0.3 is 19.7 Å². The number of Topliss-reactive ketones (excluding diaryl/α,β-unsaturated/α-hetero) is 1. The minimum absolute atomic E-state index is 0.00621. The van der Waals surface area contributed by atoms with Crippen LogP contribution >= 0.6 is 0 Å². The van der Waals surface area contributed by atoms with Crippen LogP contribution < -0.4 is 9.64 Å². The minimum atomic E-state index is -1.03. The number of hydrogen-bond acceptors (Lipinski definition) is 7. The number of amides is 1. The highest BCUT2D eigenvalue weighted by Crippen LogP contribution is 2.44. The molecule has 1 fully saturated rings. The fraction of sp³-hybridized carbons (Fsp3) is 0.281. The second-order valence-electron chi connectivity index (χ2n) is 10.3. The molecule has 1 aliphatic rings. The van der Waals surface area contributed by atoms with Crippen LogP contribution in [0, 0.1) is 6.92 Å². The summed E-state index contributed by atoms with van der Waals surface area (Å²) < 4.78 is 10.8. The lowest BCUT2D eigenvalue weighted by atomic mass is 9.91. The van der Waals surface area contributed by atoms with Crippen molar-refractivity contribution in [2.45, 2.75) is 52.7 Å². The van der Waals surface area contributed by atoms with E-state index >= 15 is 0 Å². The summed E-state index contributed by atoms with van der Waals surface area (Å²) >= 11 is 0. The van der Waals surface area contributed by atoms with Gasteiger partial charge in [0, 0.05) is 11.3 Å². The Kier molecular flexibility index (Phi) is 8.00. The molecular formula is C32H33NO7. The van der Waals surface area contributed by atoms with Crippen molar-refractivity contribution in [2.24, 2.45) is 0 Å². The normalized spacial score (nSPS) is 16.6. The molecule has 40 heavy (non-hydrogen) atoms. The number of rotatable bonds is 7. The molecule has 4 rings (SSSR count). The summed E-state index contributed by atoms with van der Waals surface area (Å²) in [6, 6.07) is 14.9. The first-order valence-electron chi connectivity index (χ1n) is 13.0. The monoisotopic (exact) mass is 543 g/mol. The standard InChI is InChI=1S/C32H33NO7/c1-17(2)24-16-25(19(5)14-26(24)39-6)29(35)27-28(20-10-12-23(34)13-11-20)33(31(37)30(27)36)22-9-7-8-21(15-22)32(38)40-18(3)4/h7-18,28,34-35H,1-6H3/b29-27+. The summed E-state index contributed by atoms with van der Waals surface area (Å²) in [5.41, 5.74) is 2.78. The van der Waals surface area contributed by atoms with Gasteiger partial charge in [-0.15, -0.1) is 0 Å². The molecular weight excluding hydrogens is 510 g/mol. The number of hydrogen-bond donors (Lipinski definition) is 2. The first-order valence-corrected chi connectivity index (χ1v) is 13.0. The number of benzene rings is 3. The Morgan fingerprint density at radius 3 is 2.25 bits per heavy atom. The van der Waals surface area contributed by atoms with Crippen LogP contribution in [0.15, 0.2) is 66.2 Å². The SMILES string of the molecule is COc1cc(C)c(/C(O)=C2\C(=O)C(=O)N(c3cccc(C(=O)OC(C)C)c3)C2c2ccc(O)cc2)cc1C(C)C. The molecule has 0 aromatic heterocycles. The highest BCUT2D eigenvalue weighted by atomic mass is 16.5. The Labute approximate surface area is 233 Å². The van der Waals surface area contributed by atoms with E-state index in [1.165, 1.54) is 23.1 Å². The lowest BCUT2D eigenvalue weighted by Gasteiger charge is -2.26. The number of methoxy groups -OCH3 is 1. The van der Waals surface area contributed by atoms with Gasteiger partial charge in [0.15, 0.2) is 0 Å². The van der Waals surface area contributed by atoms with Crippen molar-refractivity contribution in [2.75, 3.05) is 12.0 Å². The van der Waals surface area contributed by atoms with Crippen molar-refractivity contribution in [1.82, 2.24) is 0 Å². The van der Waals surface area contributed by atoms with E-state index in [1.807, 2.05) is 13.8 Å². The first-order chi connectivity index (χ1) is 18.9. The van der Waals surface area contributed by atoms with E-state index in [0.29, 0.717) is 22.4 Å².